The van der Waals surface area contributed by atoms with Crippen molar-refractivity contribution in [1.29, 1.82) is 0 Å². The molecule has 0 aliphatic heterocycles. The van der Waals surface area contributed by atoms with E-state index in [1.165, 1.54) is 19.2 Å². The van der Waals surface area contributed by atoms with E-state index in [0.717, 1.165) is 17.2 Å². The van der Waals surface area contributed by atoms with Gasteiger partial charge in [-0.05, 0) is 42.2 Å². The number of rotatable bonds is 5. The summed E-state index contributed by atoms with van der Waals surface area (Å²) >= 11 is 0. The third-order valence-corrected chi connectivity index (χ3v) is 5.71. The number of benzene rings is 2. The number of ether oxygens (including phenoxy) is 1. The van der Waals surface area contributed by atoms with Gasteiger partial charge in [0.25, 0.3) is 0 Å². The molecule has 0 unspecified atom stereocenters. The first-order valence-corrected chi connectivity index (χ1v) is 8.98. The van der Waals surface area contributed by atoms with Crippen molar-refractivity contribution in [2.75, 3.05) is 13.7 Å². The fourth-order valence-electron chi connectivity index (χ4n) is 2.96. The molecule has 0 spiro atoms. The highest BCUT2D eigenvalue weighted by Gasteiger charge is 2.37. The summed E-state index contributed by atoms with van der Waals surface area (Å²) in [6, 6.07) is 10.8. The van der Waals surface area contributed by atoms with E-state index in [2.05, 4.69) is 4.72 Å². The van der Waals surface area contributed by atoms with Crippen LogP contribution in [0.25, 0.3) is 0 Å². The van der Waals surface area contributed by atoms with Gasteiger partial charge in [-0.25, -0.2) is 17.5 Å². The zero-order chi connectivity index (χ0) is 17.4. The van der Waals surface area contributed by atoms with E-state index in [1.807, 2.05) is 18.2 Å². The minimum atomic E-state index is -3.94. The van der Waals surface area contributed by atoms with Crippen molar-refractivity contribution in [1.82, 2.24) is 4.72 Å². The van der Waals surface area contributed by atoms with E-state index in [4.69, 9.17) is 4.74 Å². The van der Waals surface area contributed by atoms with Crippen molar-refractivity contribution >= 4 is 10.0 Å². The molecule has 0 saturated carbocycles. The third kappa shape index (κ3) is 3.02. The molecule has 3 rings (SSSR count). The van der Waals surface area contributed by atoms with Gasteiger partial charge in [-0.15, -0.1) is 0 Å². The Morgan fingerprint density at radius 2 is 2.04 bits per heavy atom. The molecule has 0 radical (unpaired) electrons. The highest BCUT2D eigenvalue weighted by molar-refractivity contribution is 7.89. The van der Waals surface area contributed by atoms with Gasteiger partial charge < -0.3 is 9.84 Å². The molecule has 2 N–H and O–H groups in total. The van der Waals surface area contributed by atoms with Gasteiger partial charge in [0.05, 0.1) is 12.0 Å². The van der Waals surface area contributed by atoms with E-state index in [0.29, 0.717) is 12.8 Å². The lowest BCUT2D eigenvalue weighted by atomic mass is 9.96. The molecule has 0 amide bonds. The van der Waals surface area contributed by atoms with Crippen LogP contribution in [0.5, 0.6) is 5.75 Å². The number of sulfonamides is 1. The summed E-state index contributed by atoms with van der Waals surface area (Å²) < 4.78 is 45.6. The van der Waals surface area contributed by atoms with Gasteiger partial charge in [-0.3, -0.25) is 0 Å². The van der Waals surface area contributed by atoms with Crippen LogP contribution in [0.4, 0.5) is 4.39 Å². The average molecular weight is 351 g/mol. The molecular weight excluding hydrogens is 333 g/mol. The summed E-state index contributed by atoms with van der Waals surface area (Å²) in [5, 5.41) is 10.8. The highest BCUT2D eigenvalue weighted by atomic mass is 32.2. The number of hydrogen-bond donors (Lipinski definition) is 2. The van der Waals surface area contributed by atoms with Crippen molar-refractivity contribution in [3.8, 4) is 5.75 Å². The quantitative estimate of drug-likeness (QED) is 0.863. The normalized spacial score (nSPS) is 20.0. The second kappa shape index (κ2) is 6.16. The van der Waals surface area contributed by atoms with Gasteiger partial charge >= 0.3 is 0 Å². The fraction of sp³-hybridized carbons (Fsp3) is 0.294. The van der Waals surface area contributed by atoms with Gasteiger partial charge in [0.15, 0.2) is 11.6 Å². The standard InChI is InChI=1S/C17H18FNO4S/c1-23-16-7-6-13(10-15(16)18)24(21,22)19-11-17(20)9-8-12-4-2-3-5-14(12)17/h2-7,10,19-20H,8-9,11H2,1H3/t17-/m1/s1. The minimum Gasteiger partial charge on any atom is -0.494 e. The molecule has 1 aliphatic carbocycles. The van der Waals surface area contributed by atoms with Crippen molar-refractivity contribution in [2.45, 2.75) is 23.3 Å². The Bertz CT molecular complexity index is 869. The molecule has 1 aliphatic rings. The minimum absolute atomic E-state index is 0.0303. The molecule has 0 aromatic heterocycles. The van der Waals surface area contributed by atoms with Crippen molar-refractivity contribution in [3.05, 3.63) is 59.4 Å². The van der Waals surface area contributed by atoms with Crippen LogP contribution >= 0.6 is 0 Å². The molecule has 5 nitrogen and oxygen atoms in total. The number of nitrogens with one attached hydrogen (secondary N) is 1. The Morgan fingerprint density at radius 3 is 2.75 bits per heavy atom. The number of fused-ring (bicyclic) bond motifs is 1. The summed E-state index contributed by atoms with van der Waals surface area (Å²) in [5.41, 5.74) is 0.484. The van der Waals surface area contributed by atoms with E-state index in [9.17, 15) is 17.9 Å². The first-order valence-electron chi connectivity index (χ1n) is 7.50. The first kappa shape index (κ1) is 16.9. The van der Waals surface area contributed by atoms with Crippen LogP contribution in [0.3, 0.4) is 0 Å². The number of aryl methyl sites for hydroxylation is 1. The lowest BCUT2D eigenvalue weighted by molar-refractivity contribution is 0.0442. The predicted octanol–water partition coefficient (Wildman–Crippen LogP) is 1.95. The zero-order valence-electron chi connectivity index (χ0n) is 13.1. The Kier molecular flexibility index (Phi) is 4.33. The molecule has 0 heterocycles. The number of aliphatic hydroxyl groups is 1. The number of halogens is 1. The Balaban J connectivity index is 1.80. The largest absolute Gasteiger partial charge is 0.494 e. The molecule has 0 saturated heterocycles. The van der Waals surface area contributed by atoms with Crippen molar-refractivity contribution < 1.29 is 22.7 Å². The highest BCUT2D eigenvalue weighted by Crippen LogP contribution is 2.36. The van der Waals surface area contributed by atoms with E-state index < -0.39 is 21.4 Å². The maximum absolute atomic E-state index is 13.7. The molecule has 0 bridgehead atoms. The summed E-state index contributed by atoms with van der Waals surface area (Å²) in [6.07, 6.45) is 1.12. The van der Waals surface area contributed by atoms with Crippen LogP contribution in [0.1, 0.15) is 17.5 Å². The SMILES string of the molecule is COc1ccc(S(=O)(=O)NC[C@]2(O)CCc3ccccc32)cc1F. The van der Waals surface area contributed by atoms with Crippen molar-refractivity contribution in [3.63, 3.8) is 0 Å². The molecule has 0 fully saturated rings. The Morgan fingerprint density at radius 1 is 1.29 bits per heavy atom. The molecule has 1 atom stereocenters. The molecule has 24 heavy (non-hydrogen) atoms. The maximum Gasteiger partial charge on any atom is 0.240 e. The second-order valence-corrected chi connectivity index (χ2v) is 7.58. The predicted molar refractivity (Wildman–Crippen MR) is 86.8 cm³/mol. The smallest absolute Gasteiger partial charge is 0.240 e. The Hall–Kier alpha value is -1.96. The van der Waals surface area contributed by atoms with E-state index >= 15 is 0 Å². The number of methoxy groups -OCH3 is 1. The number of hydrogen-bond acceptors (Lipinski definition) is 4. The van der Waals surface area contributed by atoms with Crippen LogP contribution in [-0.2, 0) is 22.0 Å². The van der Waals surface area contributed by atoms with Crippen LogP contribution < -0.4 is 9.46 Å². The van der Waals surface area contributed by atoms with E-state index in [1.54, 1.807) is 6.07 Å². The van der Waals surface area contributed by atoms with Gasteiger partial charge in [0.2, 0.25) is 10.0 Å². The van der Waals surface area contributed by atoms with Gasteiger partial charge in [-0.2, -0.15) is 0 Å². The van der Waals surface area contributed by atoms with Gasteiger partial charge in [0, 0.05) is 6.54 Å². The molecule has 2 aromatic carbocycles. The topological polar surface area (TPSA) is 75.6 Å². The van der Waals surface area contributed by atoms with E-state index in [-0.39, 0.29) is 17.2 Å². The van der Waals surface area contributed by atoms with Gasteiger partial charge in [-0.1, -0.05) is 24.3 Å². The lowest BCUT2D eigenvalue weighted by Crippen LogP contribution is -2.39. The monoisotopic (exact) mass is 351 g/mol. The molecule has 2 aromatic rings. The zero-order valence-corrected chi connectivity index (χ0v) is 13.9. The first-order chi connectivity index (χ1) is 11.4. The third-order valence-electron chi connectivity index (χ3n) is 4.31. The maximum atomic E-state index is 13.7. The Labute approximate surface area is 140 Å². The summed E-state index contributed by atoms with van der Waals surface area (Å²) in [6.45, 7) is -0.167. The molecular formula is C17H18FNO4S. The van der Waals surface area contributed by atoms with Crippen LogP contribution in [0.2, 0.25) is 0 Å². The summed E-state index contributed by atoms with van der Waals surface area (Å²) in [5.74, 6) is -0.789. The van der Waals surface area contributed by atoms with Crippen LogP contribution in [0, 0.1) is 5.82 Å². The van der Waals surface area contributed by atoms with Crippen LogP contribution in [0.15, 0.2) is 47.4 Å². The fourth-order valence-corrected chi connectivity index (χ4v) is 4.07. The van der Waals surface area contributed by atoms with Crippen LogP contribution in [-0.4, -0.2) is 27.2 Å². The molecule has 7 heteroatoms. The summed E-state index contributed by atoms with van der Waals surface area (Å²) in [7, 11) is -2.64. The summed E-state index contributed by atoms with van der Waals surface area (Å²) in [4.78, 5) is -0.212. The second-order valence-electron chi connectivity index (χ2n) is 5.81. The van der Waals surface area contributed by atoms with Crippen molar-refractivity contribution in [2.24, 2.45) is 0 Å². The molecule has 128 valence electrons. The lowest BCUT2D eigenvalue weighted by Gasteiger charge is -2.24. The average Bonchev–Trinajstić information content (AvgIpc) is 2.91. The van der Waals surface area contributed by atoms with Gasteiger partial charge in [0.1, 0.15) is 5.60 Å².